The summed E-state index contributed by atoms with van der Waals surface area (Å²) in [7, 11) is 0. The molecule has 0 unspecified atom stereocenters. The van der Waals surface area contributed by atoms with Gasteiger partial charge in [-0.05, 0) is 24.1 Å². The van der Waals surface area contributed by atoms with Gasteiger partial charge in [0.2, 0.25) is 0 Å². The number of fused-ring (bicyclic) bond motifs is 1. The fourth-order valence-electron chi connectivity index (χ4n) is 2.42. The highest BCUT2D eigenvalue weighted by molar-refractivity contribution is 5.96. The van der Waals surface area contributed by atoms with Crippen molar-refractivity contribution in [3.05, 3.63) is 76.1 Å². The summed E-state index contributed by atoms with van der Waals surface area (Å²) in [5.74, 6) is -0.618. The lowest BCUT2D eigenvalue weighted by Crippen LogP contribution is -2.24. The van der Waals surface area contributed by atoms with Gasteiger partial charge in [-0.25, -0.2) is 9.37 Å². The third-order valence-electron chi connectivity index (χ3n) is 3.79. The van der Waals surface area contributed by atoms with Gasteiger partial charge in [-0.2, -0.15) is 0 Å². The monoisotopic (exact) mass is 310 g/mol. The highest BCUT2D eigenvalue weighted by Gasteiger charge is 2.10. The molecule has 4 nitrogen and oxygen atoms in total. The number of benzene rings is 2. The highest BCUT2D eigenvalue weighted by atomic mass is 19.1. The molecule has 0 N–H and O–H groups in total. The number of nitrogens with zero attached hydrogens (tertiary/aromatic N) is 2. The van der Waals surface area contributed by atoms with Gasteiger partial charge in [0.15, 0.2) is 5.78 Å². The summed E-state index contributed by atoms with van der Waals surface area (Å²) in [6, 6.07) is 11.1. The maximum Gasteiger partial charge on any atom is 0.261 e. The lowest BCUT2D eigenvalue weighted by molar-refractivity contribution is 0.0970. The molecular formula is C18H15FN2O2. The summed E-state index contributed by atoms with van der Waals surface area (Å²) in [6.45, 7) is 1.95. The Hall–Kier alpha value is -2.82. The van der Waals surface area contributed by atoms with E-state index in [0.717, 1.165) is 12.0 Å². The zero-order chi connectivity index (χ0) is 16.4. The van der Waals surface area contributed by atoms with Crippen LogP contribution in [0.3, 0.4) is 0 Å². The van der Waals surface area contributed by atoms with Crippen LogP contribution in [0.25, 0.3) is 10.9 Å². The average Bonchev–Trinajstić information content (AvgIpc) is 2.57. The molecule has 0 aliphatic carbocycles. The van der Waals surface area contributed by atoms with Gasteiger partial charge in [-0.1, -0.05) is 31.2 Å². The van der Waals surface area contributed by atoms with Crippen molar-refractivity contribution in [2.45, 2.75) is 19.9 Å². The number of halogens is 1. The molecule has 3 rings (SSSR count). The number of carbonyl (C=O) groups excluding carboxylic acids is 1. The summed E-state index contributed by atoms with van der Waals surface area (Å²) in [5.41, 5.74) is 1.63. The number of aromatic nitrogens is 2. The number of rotatable bonds is 4. The van der Waals surface area contributed by atoms with E-state index in [4.69, 9.17) is 0 Å². The van der Waals surface area contributed by atoms with Gasteiger partial charge >= 0.3 is 0 Å². The molecule has 23 heavy (non-hydrogen) atoms. The second-order valence-corrected chi connectivity index (χ2v) is 5.31. The van der Waals surface area contributed by atoms with Gasteiger partial charge in [-0.15, -0.1) is 0 Å². The Morgan fingerprint density at radius 3 is 2.61 bits per heavy atom. The zero-order valence-corrected chi connectivity index (χ0v) is 12.6. The maximum absolute atomic E-state index is 13.2. The summed E-state index contributed by atoms with van der Waals surface area (Å²) in [5, 5.41) is 0.294. The van der Waals surface area contributed by atoms with Crippen molar-refractivity contribution in [2.24, 2.45) is 0 Å². The smallest absolute Gasteiger partial charge is 0.261 e. The van der Waals surface area contributed by atoms with Crippen molar-refractivity contribution in [1.82, 2.24) is 9.55 Å². The molecule has 2 aromatic carbocycles. The SMILES string of the molecule is CCc1ccc(C(=O)Cn2cnc3cc(F)ccc3c2=O)cc1. The minimum absolute atomic E-state index is 0.0926. The van der Waals surface area contributed by atoms with Gasteiger partial charge in [0.1, 0.15) is 5.82 Å². The largest absolute Gasteiger partial charge is 0.292 e. The Kier molecular flexibility index (Phi) is 4.02. The van der Waals surface area contributed by atoms with E-state index in [1.807, 2.05) is 19.1 Å². The Morgan fingerprint density at radius 2 is 1.91 bits per heavy atom. The molecule has 0 fully saturated rings. The average molecular weight is 310 g/mol. The molecule has 0 bridgehead atoms. The first-order valence-electron chi connectivity index (χ1n) is 7.35. The van der Waals surface area contributed by atoms with Crippen LogP contribution in [0.5, 0.6) is 0 Å². The van der Waals surface area contributed by atoms with Crippen LogP contribution in [0, 0.1) is 5.82 Å². The molecule has 3 aromatic rings. The summed E-state index contributed by atoms with van der Waals surface area (Å²) >= 11 is 0. The standard InChI is InChI=1S/C18H15FN2O2/c1-2-12-3-5-13(6-4-12)17(22)10-21-11-20-16-9-14(19)7-8-15(16)18(21)23/h3-9,11H,2,10H2,1H3. The molecule has 1 aromatic heterocycles. The van der Waals surface area contributed by atoms with Crippen LogP contribution in [-0.2, 0) is 13.0 Å². The second kappa shape index (κ2) is 6.12. The van der Waals surface area contributed by atoms with Crippen LogP contribution in [0.15, 0.2) is 53.6 Å². The summed E-state index contributed by atoms with van der Waals surface area (Å²) < 4.78 is 14.4. The molecule has 116 valence electrons. The number of hydrogen-bond acceptors (Lipinski definition) is 3. The van der Waals surface area contributed by atoms with Crippen molar-refractivity contribution in [1.29, 1.82) is 0 Å². The van der Waals surface area contributed by atoms with Crippen LogP contribution < -0.4 is 5.56 Å². The fraction of sp³-hybridized carbons (Fsp3) is 0.167. The Balaban J connectivity index is 1.91. The second-order valence-electron chi connectivity index (χ2n) is 5.31. The van der Waals surface area contributed by atoms with Crippen LogP contribution in [0.2, 0.25) is 0 Å². The zero-order valence-electron chi connectivity index (χ0n) is 12.6. The van der Waals surface area contributed by atoms with Crippen molar-refractivity contribution in [2.75, 3.05) is 0 Å². The molecule has 0 aliphatic heterocycles. The van der Waals surface area contributed by atoms with E-state index in [0.29, 0.717) is 10.9 Å². The number of carbonyl (C=O) groups is 1. The van der Waals surface area contributed by atoms with Gasteiger partial charge in [0.25, 0.3) is 5.56 Å². The molecule has 1 heterocycles. The maximum atomic E-state index is 13.2. The van der Waals surface area contributed by atoms with E-state index >= 15 is 0 Å². The number of Topliss-reactive ketones (excluding diaryl/α,β-unsaturated/α-hetero) is 1. The van der Waals surface area contributed by atoms with Crippen molar-refractivity contribution >= 4 is 16.7 Å². The van der Waals surface area contributed by atoms with Gasteiger partial charge in [0.05, 0.1) is 23.8 Å². The van der Waals surface area contributed by atoms with Gasteiger partial charge in [-0.3, -0.25) is 14.2 Å². The molecule has 0 spiro atoms. The topological polar surface area (TPSA) is 52.0 Å². The molecule has 0 atom stereocenters. The number of hydrogen-bond donors (Lipinski definition) is 0. The lowest BCUT2D eigenvalue weighted by atomic mass is 10.1. The highest BCUT2D eigenvalue weighted by Crippen LogP contribution is 2.10. The van der Waals surface area contributed by atoms with Crippen LogP contribution in [0.1, 0.15) is 22.8 Å². The van der Waals surface area contributed by atoms with Crippen molar-refractivity contribution < 1.29 is 9.18 Å². The Labute approximate surface area is 132 Å². The molecule has 0 saturated heterocycles. The quantitative estimate of drug-likeness (QED) is 0.696. The molecule has 5 heteroatoms. The molecule has 0 aliphatic rings. The third-order valence-corrected chi connectivity index (χ3v) is 3.79. The lowest BCUT2D eigenvalue weighted by Gasteiger charge is -2.07. The Morgan fingerprint density at radius 1 is 1.17 bits per heavy atom. The number of aryl methyl sites for hydroxylation is 1. The molecule has 0 amide bonds. The predicted molar refractivity (Wildman–Crippen MR) is 86.1 cm³/mol. The van der Waals surface area contributed by atoms with E-state index in [-0.39, 0.29) is 23.4 Å². The number of ketones is 1. The van der Waals surface area contributed by atoms with E-state index in [1.54, 1.807) is 12.1 Å². The molecule has 0 saturated carbocycles. The van der Waals surface area contributed by atoms with Crippen LogP contribution in [-0.4, -0.2) is 15.3 Å². The molecular weight excluding hydrogens is 295 g/mol. The minimum Gasteiger partial charge on any atom is -0.292 e. The van der Waals surface area contributed by atoms with Crippen molar-refractivity contribution in [3.8, 4) is 0 Å². The summed E-state index contributed by atoms with van der Waals surface area (Å²) in [6.07, 6.45) is 2.18. The molecule has 0 radical (unpaired) electrons. The van der Waals surface area contributed by atoms with Crippen LogP contribution in [0.4, 0.5) is 4.39 Å². The van der Waals surface area contributed by atoms with E-state index in [1.165, 1.54) is 29.1 Å². The van der Waals surface area contributed by atoms with E-state index in [9.17, 15) is 14.0 Å². The van der Waals surface area contributed by atoms with Crippen molar-refractivity contribution in [3.63, 3.8) is 0 Å². The first-order valence-corrected chi connectivity index (χ1v) is 7.35. The summed E-state index contributed by atoms with van der Waals surface area (Å²) in [4.78, 5) is 28.7. The van der Waals surface area contributed by atoms with E-state index < -0.39 is 5.82 Å². The van der Waals surface area contributed by atoms with E-state index in [2.05, 4.69) is 4.98 Å². The minimum atomic E-state index is -0.450. The first kappa shape index (κ1) is 15.1. The van der Waals surface area contributed by atoms with Gasteiger partial charge in [0, 0.05) is 11.6 Å². The van der Waals surface area contributed by atoms with Gasteiger partial charge < -0.3 is 0 Å². The first-order chi connectivity index (χ1) is 11.1. The Bertz CT molecular complexity index is 930. The fourth-order valence-corrected chi connectivity index (χ4v) is 2.42. The third kappa shape index (κ3) is 3.04. The van der Waals surface area contributed by atoms with Crippen LogP contribution >= 0.6 is 0 Å². The predicted octanol–water partition coefficient (Wildman–Crippen LogP) is 2.98. The normalized spacial score (nSPS) is 10.9.